The largest absolute Gasteiger partial charge is 0.493 e. The standard InChI is InChI=1S/C21H18ClF3N2O4S/c1-10-17(19(28)30-3)18(11-4-7-15(31-20(24)25)16(8-11)29-2)26-21(32)27(10)12-5-6-14(23)13(22)9-12/h4-9,18,20H,1-3H3,(H,26,32). The third kappa shape index (κ3) is 4.61. The van der Waals surface area contributed by atoms with Gasteiger partial charge in [0.1, 0.15) is 5.82 Å². The lowest BCUT2D eigenvalue weighted by atomic mass is 9.94. The molecule has 0 spiro atoms. The van der Waals surface area contributed by atoms with Crippen LogP contribution in [0.4, 0.5) is 18.9 Å². The molecule has 0 bridgehead atoms. The highest BCUT2D eigenvalue weighted by Crippen LogP contribution is 2.38. The van der Waals surface area contributed by atoms with Crippen LogP contribution in [0.2, 0.25) is 5.02 Å². The normalized spacial score (nSPS) is 16.2. The minimum absolute atomic E-state index is 0.0464. The summed E-state index contributed by atoms with van der Waals surface area (Å²) in [6.07, 6.45) is 0. The number of rotatable bonds is 6. The fourth-order valence-corrected chi connectivity index (χ4v) is 3.89. The Morgan fingerprint density at radius 2 is 1.91 bits per heavy atom. The van der Waals surface area contributed by atoms with Gasteiger partial charge in [0.15, 0.2) is 16.6 Å². The van der Waals surface area contributed by atoms with Gasteiger partial charge in [-0.05, 0) is 55.0 Å². The van der Waals surface area contributed by atoms with Gasteiger partial charge in [0.2, 0.25) is 0 Å². The number of carbonyl (C=O) groups excluding carboxylic acids is 1. The van der Waals surface area contributed by atoms with Crippen molar-refractivity contribution in [3.8, 4) is 11.5 Å². The molecule has 2 aromatic rings. The van der Waals surface area contributed by atoms with Gasteiger partial charge in [-0.25, -0.2) is 9.18 Å². The zero-order valence-corrected chi connectivity index (χ0v) is 18.7. The van der Waals surface area contributed by atoms with Crippen molar-refractivity contribution in [2.45, 2.75) is 19.6 Å². The number of hydrogen-bond acceptors (Lipinski definition) is 5. The number of anilines is 1. The van der Waals surface area contributed by atoms with E-state index in [9.17, 15) is 18.0 Å². The lowest BCUT2D eigenvalue weighted by molar-refractivity contribution is -0.136. The molecule has 1 aliphatic rings. The Hall–Kier alpha value is -2.98. The van der Waals surface area contributed by atoms with Crippen LogP contribution in [0.5, 0.6) is 11.5 Å². The number of carbonyl (C=O) groups is 1. The summed E-state index contributed by atoms with van der Waals surface area (Å²) < 4.78 is 53.5. The van der Waals surface area contributed by atoms with Crippen LogP contribution in [0, 0.1) is 5.82 Å². The van der Waals surface area contributed by atoms with Crippen molar-refractivity contribution in [3.05, 3.63) is 64.1 Å². The second kappa shape index (κ2) is 9.66. The van der Waals surface area contributed by atoms with E-state index in [1.165, 1.54) is 55.5 Å². The minimum Gasteiger partial charge on any atom is -0.493 e. The van der Waals surface area contributed by atoms with Gasteiger partial charge in [-0.2, -0.15) is 8.78 Å². The van der Waals surface area contributed by atoms with Crippen LogP contribution in [0.3, 0.4) is 0 Å². The van der Waals surface area contributed by atoms with E-state index in [1.54, 1.807) is 6.92 Å². The molecular formula is C21H18ClF3N2O4S. The van der Waals surface area contributed by atoms with Crippen molar-refractivity contribution in [2.75, 3.05) is 19.1 Å². The zero-order chi connectivity index (χ0) is 23.6. The SMILES string of the molecule is COC(=O)C1=C(C)N(c2ccc(F)c(Cl)c2)C(=S)NC1c1ccc(OC(F)F)c(OC)c1. The summed E-state index contributed by atoms with van der Waals surface area (Å²) in [5.41, 5.74) is 1.54. The number of esters is 1. The third-order valence-electron chi connectivity index (χ3n) is 4.79. The molecule has 0 aliphatic carbocycles. The summed E-state index contributed by atoms with van der Waals surface area (Å²) in [7, 11) is 2.53. The Kier molecular flexibility index (Phi) is 7.15. The van der Waals surface area contributed by atoms with E-state index >= 15 is 0 Å². The number of hydrogen-bond donors (Lipinski definition) is 1. The Morgan fingerprint density at radius 3 is 2.50 bits per heavy atom. The summed E-state index contributed by atoms with van der Waals surface area (Å²) in [5, 5.41) is 3.13. The van der Waals surface area contributed by atoms with Crippen LogP contribution in [-0.2, 0) is 9.53 Å². The van der Waals surface area contributed by atoms with Crippen LogP contribution in [0.15, 0.2) is 47.7 Å². The molecule has 0 aromatic heterocycles. The number of benzene rings is 2. The smallest absolute Gasteiger partial charge is 0.387 e. The Labute approximate surface area is 192 Å². The minimum atomic E-state index is -3.03. The lowest BCUT2D eigenvalue weighted by Crippen LogP contribution is -2.48. The van der Waals surface area contributed by atoms with Gasteiger partial charge >= 0.3 is 12.6 Å². The Balaban J connectivity index is 2.11. The van der Waals surface area contributed by atoms with Crippen molar-refractivity contribution in [1.29, 1.82) is 0 Å². The highest BCUT2D eigenvalue weighted by atomic mass is 35.5. The van der Waals surface area contributed by atoms with E-state index in [-0.39, 0.29) is 27.2 Å². The van der Waals surface area contributed by atoms with Crippen molar-refractivity contribution in [1.82, 2.24) is 5.32 Å². The molecule has 1 heterocycles. The molecular weight excluding hydrogens is 469 g/mol. The first-order valence-corrected chi connectivity index (χ1v) is 9.94. The number of ether oxygens (including phenoxy) is 3. The van der Waals surface area contributed by atoms with E-state index in [0.29, 0.717) is 16.9 Å². The molecule has 0 fully saturated rings. The van der Waals surface area contributed by atoms with E-state index in [2.05, 4.69) is 10.1 Å². The Morgan fingerprint density at radius 1 is 1.19 bits per heavy atom. The first-order chi connectivity index (χ1) is 15.2. The number of alkyl halides is 2. The average molecular weight is 487 g/mol. The fraction of sp³-hybridized carbons (Fsp3) is 0.238. The number of methoxy groups -OCH3 is 2. The summed E-state index contributed by atoms with van der Waals surface area (Å²) >= 11 is 11.4. The first kappa shape index (κ1) is 23.7. The average Bonchev–Trinajstić information content (AvgIpc) is 2.75. The van der Waals surface area contributed by atoms with Crippen LogP contribution in [0.25, 0.3) is 0 Å². The topological polar surface area (TPSA) is 60.0 Å². The monoisotopic (exact) mass is 486 g/mol. The summed E-state index contributed by atoms with van der Waals surface area (Å²) in [4.78, 5) is 14.2. The molecule has 0 amide bonds. The first-order valence-electron chi connectivity index (χ1n) is 9.15. The van der Waals surface area contributed by atoms with Gasteiger partial charge < -0.3 is 19.5 Å². The fourth-order valence-electron chi connectivity index (χ4n) is 3.36. The maximum atomic E-state index is 13.6. The van der Waals surface area contributed by atoms with Crippen LogP contribution in [0.1, 0.15) is 18.5 Å². The van der Waals surface area contributed by atoms with Crippen LogP contribution < -0.4 is 19.7 Å². The lowest BCUT2D eigenvalue weighted by Gasteiger charge is -2.37. The highest BCUT2D eigenvalue weighted by Gasteiger charge is 2.36. The summed E-state index contributed by atoms with van der Waals surface area (Å²) in [5.74, 6) is -1.36. The molecule has 32 heavy (non-hydrogen) atoms. The molecule has 1 atom stereocenters. The van der Waals surface area contributed by atoms with Gasteiger partial charge in [0.25, 0.3) is 0 Å². The van der Waals surface area contributed by atoms with Gasteiger partial charge in [-0.3, -0.25) is 4.90 Å². The van der Waals surface area contributed by atoms with Crippen molar-refractivity contribution < 1.29 is 32.2 Å². The number of thiocarbonyl (C=S) groups is 1. The second-order valence-electron chi connectivity index (χ2n) is 6.60. The molecule has 170 valence electrons. The molecule has 3 rings (SSSR count). The quantitative estimate of drug-likeness (QED) is 0.457. The predicted octanol–water partition coefficient (Wildman–Crippen LogP) is 4.97. The molecule has 6 nitrogen and oxygen atoms in total. The van der Waals surface area contributed by atoms with Crippen molar-refractivity contribution in [2.24, 2.45) is 0 Å². The van der Waals surface area contributed by atoms with E-state index in [0.717, 1.165) is 0 Å². The molecule has 0 saturated heterocycles. The maximum absolute atomic E-state index is 13.6. The number of halogens is 4. The number of nitrogens with one attached hydrogen (secondary N) is 1. The van der Waals surface area contributed by atoms with Crippen LogP contribution >= 0.6 is 23.8 Å². The van der Waals surface area contributed by atoms with Gasteiger partial charge in [0.05, 0.1) is 30.9 Å². The van der Waals surface area contributed by atoms with E-state index < -0.39 is 24.4 Å². The predicted molar refractivity (Wildman–Crippen MR) is 117 cm³/mol. The summed E-state index contributed by atoms with van der Waals surface area (Å²) in [6, 6.07) is 7.51. The number of allylic oxidation sites excluding steroid dienone is 1. The Bertz CT molecular complexity index is 1100. The molecule has 1 N–H and O–H groups in total. The van der Waals surface area contributed by atoms with Crippen molar-refractivity contribution >= 4 is 40.6 Å². The zero-order valence-electron chi connectivity index (χ0n) is 17.1. The van der Waals surface area contributed by atoms with E-state index in [1.807, 2.05) is 0 Å². The van der Waals surface area contributed by atoms with Gasteiger partial charge in [0, 0.05) is 11.4 Å². The van der Waals surface area contributed by atoms with E-state index in [4.69, 9.17) is 33.3 Å². The second-order valence-corrected chi connectivity index (χ2v) is 7.39. The molecule has 1 unspecified atom stereocenters. The van der Waals surface area contributed by atoms with Crippen molar-refractivity contribution in [3.63, 3.8) is 0 Å². The third-order valence-corrected chi connectivity index (χ3v) is 5.38. The number of nitrogens with zero attached hydrogens (tertiary/aromatic N) is 1. The highest BCUT2D eigenvalue weighted by molar-refractivity contribution is 7.80. The molecule has 0 radical (unpaired) electrons. The molecule has 2 aromatic carbocycles. The van der Waals surface area contributed by atoms with Gasteiger partial charge in [-0.1, -0.05) is 17.7 Å². The molecule has 11 heteroatoms. The summed E-state index contributed by atoms with van der Waals surface area (Å²) in [6.45, 7) is -1.38. The maximum Gasteiger partial charge on any atom is 0.387 e. The molecule has 1 aliphatic heterocycles. The van der Waals surface area contributed by atoms with Gasteiger partial charge in [-0.15, -0.1) is 0 Å². The van der Waals surface area contributed by atoms with Crippen LogP contribution in [-0.4, -0.2) is 31.9 Å². The molecule has 0 saturated carbocycles.